The summed E-state index contributed by atoms with van der Waals surface area (Å²) in [4.78, 5) is 0.0116. The summed E-state index contributed by atoms with van der Waals surface area (Å²) < 4.78 is 37.7. The molecule has 0 aromatic heterocycles. The maximum absolute atomic E-state index is 13.3. The van der Waals surface area contributed by atoms with Crippen molar-refractivity contribution in [3.63, 3.8) is 0 Å². The zero-order valence-corrected chi connectivity index (χ0v) is 10.1. The van der Waals surface area contributed by atoms with E-state index in [2.05, 4.69) is 0 Å². The summed E-state index contributed by atoms with van der Waals surface area (Å²) in [6.07, 6.45) is 0. The topological polar surface area (TPSA) is 43.1 Å². The van der Waals surface area contributed by atoms with E-state index in [4.69, 9.17) is 5.73 Å². The van der Waals surface area contributed by atoms with E-state index in [1.54, 1.807) is 0 Å². The van der Waals surface area contributed by atoms with Gasteiger partial charge in [-0.3, -0.25) is 4.21 Å². The number of halogens is 2. The molecule has 2 atom stereocenters. The third-order valence-electron chi connectivity index (χ3n) is 2.34. The molecule has 0 bridgehead atoms. The van der Waals surface area contributed by atoms with Gasteiger partial charge in [0.25, 0.3) is 0 Å². The van der Waals surface area contributed by atoms with Gasteiger partial charge in [-0.15, -0.1) is 0 Å². The second kappa shape index (κ2) is 5.50. The van der Waals surface area contributed by atoms with Crippen molar-refractivity contribution in [3.8, 4) is 0 Å². The average molecular weight is 247 g/mol. The van der Waals surface area contributed by atoms with Crippen molar-refractivity contribution in [1.29, 1.82) is 0 Å². The monoisotopic (exact) mass is 247 g/mol. The SMILES string of the molecule is CC(C)C(N)CS(=O)c1ccc(F)cc1F. The van der Waals surface area contributed by atoms with E-state index in [0.717, 1.165) is 12.1 Å². The Labute approximate surface area is 96.3 Å². The van der Waals surface area contributed by atoms with Crippen LogP contribution in [-0.4, -0.2) is 16.0 Å². The molecule has 0 heterocycles. The first-order chi connectivity index (χ1) is 7.41. The molecule has 2 nitrogen and oxygen atoms in total. The van der Waals surface area contributed by atoms with Gasteiger partial charge in [0, 0.05) is 17.9 Å². The van der Waals surface area contributed by atoms with Gasteiger partial charge in [0.15, 0.2) is 0 Å². The lowest BCUT2D eigenvalue weighted by Crippen LogP contribution is -2.32. The van der Waals surface area contributed by atoms with Crippen LogP contribution in [0.25, 0.3) is 0 Å². The number of hydrogen-bond acceptors (Lipinski definition) is 2. The molecular formula is C11H15F2NOS. The zero-order chi connectivity index (χ0) is 12.3. The number of nitrogens with two attached hydrogens (primary N) is 1. The average Bonchev–Trinajstić information content (AvgIpc) is 2.16. The second-order valence-corrected chi connectivity index (χ2v) is 5.46. The fourth-order valence-electron chi connectivity index (χ4n) is 1.12. The molecule has 1 rings (SSSR count). The Morgan fingerprint density at radius 3 is 2.50 bits per heavy atom. The lowest BCUT2D eigenvalue weighted by molar-refractivity contribution is 0.527. The first-order valence-corrected chi connectivity index (χ1v) is 6.32. The van der Waals surface area contributed by atoms with Crippen LogP contribution < -0.4 is 5.73 Å². The Bertz CT molecular complexity index is 396. The summed E-state index contributed by atoms with van der Waals surface area (Å²) in [7, 11) is -1.52. The first kappa shape index (κ1) is 13.3. The van der Waals surface area contributed by atoms with E-state index >= 15 is 0 Å². The molecule has 2 unspecified atom stereocenters. The third kappa shape index (κ3) is 3.35. The summed E-state index contributed by atoms with van der Waals surface area (Å²) in [5.41, 5.74) is 5.75. The Morgan fingerprint density at radius 2 is 2.00 bits per heavy atom. The summed E-state index contributed by atoms with van der Waals surface area (Å²) >= 11 is 0. The highest BCUT2D eigenvalue weighted by Crippen LogP contribution is 2.15. The molecule has 0 saturated carbocycles. The normalized spacial score (nSPS) is 15.1. The van der Waals surface area contributed by atoms with Crippen LogP contribution in [0.5, 0.6) is 0 Å². The molecular weight excluding hydrogens is 232 g/mol. The maximum atomic E-state index is 13.3. The molecule has 5 heteroatoms. The highest BCUT2D eigenvalue weighted by molar-refractivity contribution is 7.85. The predicted octanol–water partition coefficient (Wildman–Crippen LogP) is 2.06. The second-order valence-electron chi connectivity index (χ2n) is 3.99. The van der Waals surface area contributed by atoms with Gasteiger partial charge in [-0.25, -0.2) is 8.78 Å². The van der Waals surface area contributed by atoms with Gasteiger partial charge in [-0.2, -0.15) is 0 Å². The fraction of sp³-hybridized carbons (Fsp3) is 0.455. The number of rotatable bonds is 4. The lowest BCUT2D eigenvalue weighted by Gasteiger charge is -2.15. The first-order valence-electron chi connectivity index (χ1n) is 5.01. The van der Waals surface area contributed by atoms with Crippen LogP contribution in [0.15, 0.2) is 23.1 Å². The standard InChI is InChI=1S/C11H15F2NOS/c1-7(2)10(14)6-16(15)11-4-3-8(12)5-9(11)13/h3-5,7,10H,6,14H2,1-2H3. The van der Waals surface area contributed by atoms with Crippen LogP contribution in [0.2, 0.25) is 0 Å². The van der Waals surface area contributed by atoms with E-state index in [-0.39, 0.29) is 22.6 Å². The minimum Gasteiger partial charge on any atom is -0.327 e. The summed E-state index contributed by atoms with van der Waals surface area (Å²) in [5.74, 6) is -1.10. The van der Waals surface area contributed by atoms with Crippen LogP contribution in [0.4, 0.5) is 8.78 Å². The van der Waals surface area contributed by atoms with Crippen molar-refractivity contribution in [2.75, 3.05) is 5.75 Å². The Balaban J connectivity index is 2.81. The molecule has 0 saturated heterocycles. The summed E-state index contributed by atoms with van der Waals surface area (Å²) in [6, 6.07) is 2.77. The van der Waals surface area contributed by atoms with Crippen molar-refractivity contribution in [3.05, 3.63) is 29.8 Å². The summed E-state index contributed by atoms with van der Waals surface area (Å²) in [6.45, 7) is 3.81. The van der Waals surface area contributed by atoms with Crippen LogP contribution in [0.1, 0.15) is 13.8 Å². The Hall–Kier alpha value is -0.810. The minimum absolute atomic E-state index is 0.0116. The van der Waals surface area contributed by atoms with Crippen LogP contribution in [0.3, 0.4) is 0 Å². The zero-order valence-electron chi connectivity index (χ0n) is 9.24. The van der Waals surface area contributed by atoms with Crippen LogP contribution in [0, 0.1) is 17.6 Å². The lowest BCUT2D eigenvalue weighted by atomic mass is 10.1. The number of hydrogen-bond donors (Lipinski definition) is 1. The highest BCUT2D eigenvalue weighted by Gasteiger charge is 2.16. The molecule has 1 aromatic rings. The van der Waals surface area contributed by atoms with Crippen molar-refractivity contribution < 1.29 is 13.0 Å². The van der Waals surface area contributed by atoms with Crippen molar-refractivity contribution in [2.45, 2.75) is 24.8 Å². The molecule has 0 aliphatic rings. The molecule has 2 N–H and O–H groups in total. The molecule has 0 aliphatic heterocycles. The summed E-state index contributed by atoms with van der Waals surface area (Å²) in [5, 5.41) is 0. The minimum atomic E-state index is -1.52. The predicted molar refractivity (Wildman–Crippen MR) is 60.4 cm³/mol. The highest BCUT2D eigenvalue weighted by atomic mass is 32.2. The van der Waals surface area contributed by atoms with Crippen LogP contribution >= 0.6 is 0 Å². The number of benzene rings is 1. The maximum Gasteiger partial charge on any atom is 0.142 e. The molecule has 0 radical (unpaired) electrons. The molecule has 0 fully saturated rings. The molecule has 90 valence electrons. The van der Waals surface area contributed by atoms with E-state index in [1.165, 1.54) is 6.07 Å². The van der Waals surface area contributed by atoms with Crippen LogP contribution in [-0.2, 0) is 10.8 Å². The Morgan fingerprint density at radius 1 is 1.38 bits per heavy atom. The van der Waals surface area contributed by atoms with Gasteiger partial charge < -0.3 is 5.73 Å². The van der Waals surface area contributed by atoms with Gasteiger partial charge in [-0.1, -0.05) is 13.8 Å². The van der Waals surface area contributed by atoms with E-state index in [0.29, 0.717) is 0 Å². The largest absolute Gasteiger partial charge is 0.327 e. The Kier molecular flexibility index (Phi) is 4.56. The smallest absolute Gasteiger partial charge is 0.142 e. The van der Waals surface area contributed by atoms with Gasteiger partial charge in [0.2, 0.25) is 0 Å². The quantitative estimate of drug-likeness (QED) is 0.885. The molecule has 0 aliphatic carbocycles. The van der Waals surface area contributed by atoms with Crippen molar-refractivity contribution in [1.82, 2.24) is 0 Å². The van der Waals surface area contributed by atoms with E-state index < -0.39 is 22.4 Å². The third-order valence-corrected chi connectivity index (χ3v) is 3.85. The van der Waals surface area contributed by atoms with Crippen molar-refractivity contribution >= 4 is 10.8 Å². The van der Waals surface area contributed by atoms with E-state index in [9.17, 15) is 13.0 Å². The molecule has 0 amide bonds. The van der Waals surface area contributed by atoms with Gasteiger partial charge >= 0.3 is 0 Å². The fourth-order valence-corrected chi connectivity index (χ4v) is 2.53. The molecule has 1 aromatic carbocycles. The van der Waals surface area contributed by atoms with Gasteiger partial charge in [0.05, 0.1) is 15.7 Å². The van der Waals surface area contributed by atoms with Gasteiger partial charge in [-0.05, 0) is 18.1 Å². The van der Waals surface area contributed by atoms with E-state index in [1.807, 2.05) is 13.8 Å². The molecule has 16 heavy (non-hydrogen) atoms. The van der Waals surface area contributed by atoms with Gasteiger partial charge in [0.1, 0.15) is 11.6 Å². The molecule has 0 spiro atoms. The van der Waals surface area contributed by atoms with Crippen molar-refractivity contribution in [2.24, 2.45) is 11.7 Å².